The van der Waals surface area contributed by atoms with Crippen molar-refractivity contribution < 1.29 is 14.3 Å². The molecule has 0 amide bonds. The van der Waals surface area contributed by atoms with Gasteiger partial charge in [0, 0.05) is 0 Å². The summed E-state index contributed by atoms with van der Waals surface area (Å²) in [6.45, 7) is 8.59. The van der Waals surface area contributed by atoms with Crippen molar-refractivity contribution in [3.63, 3.8) is 0 Å². The molecule has 0 aliphatic carbocycles. The van der Waals surface area contributed by atoms with Crippen LogP contribution >= 0.6 is 0 Å². The number of ether oxygens (including phenoxy) is 2. The minimum Gasteiger partial charge on any atom is -0.465 e. The van der Waals surface area contributed by atoms with E-state index >= 15 is 0 Å². The van der Waals surface area contributed by atoms with Crippen molar-refractivity contribution in [3.8, 4) is 0 Å². The molecule has 90 valence electrons. The van der Waals surface area contributed by atoms with Crippen LogP contribution in [0.4, 0.5) is 0 Å². The maximum Gasteiger partial charge on any atom is 0.325 e. The minimum absolute atomic E-state index is 0.130. The molecule has 0 aromatic heterocycles. The highest BCUT2D eigenvalue weighted by molar-refractivity contribution is 5.75. The second-order valence-electron chi connectivity index (χ2n) is 4.13. The van der Waals surface area contributed by atoms with E-state index < -0.39 is 12.0 Å². The Balaban J connectivity index is 3.69. The van der Waals surface area contributed by atoms with Gasteiger partial charge in [-0.3, -0.25) is 4.79 Å². The largest absolute Gasteiger partial charge is 0.465 e. The predicted octanol–water partition coefficient (Wildman–Crippen LogP) is 1.33. The van der Waals surface area contributed by atoms with Gasteiger partial charge < -0.3 is 15.2 Å². The quantitative estimate of drug-likeness (QED) is 0.653. The van der Waals surface area contributed by atoms with Gasteiger partial charge in [0.2, 0.25) is 0 Å². The molecule has 4 nitrogen and oxygen atoms in total. The third-order valence-corrected chi connectivity index (χ3v) is 1.95. The van der Waals surface area contributed by atoms with Crippen LogP contribution in [0.5, 0.6) is 0 Å². The first kappa shape index (κ1) is 14.4. The molecule has 15 heavy (non-hydrogen) atoms. The number of esters is 1. The van der Waals surface area contributed by atoms with E-state index in [9.17, 15) is 4.79 Å². The molecule has 0 aromatic carbocycles. The van der Waals surface area contributed by atoms with Crippen molar-refractivity contribution in [2.24, 2.45) is 11.7 Å². The van der Waals surface area contributed by atoms with E-state index in [1.165, 1.54) is 0 Å². The Morgan fingerprint density at radius 1 is 1.33 bits per heavy atom. The van der Waals surface area contributed by atoms with Gasteiger partial charge in [-0.05, 0) is 26.2 Å². The van der Waals surface area contributed by atoms with E-state index in [0.717, 1.165) is 6.42 Å². The molecule has 0 heterocycles. The average Bonchev–Trinajstić information content (AvgIpc) is 2.13. The maximum atomic E-state index is 11.2. The number of carbonyl (C=O) groups excluding carboxylic acids is 1. The Morgan fingerprint density at radius 2 is 1.93 bits per heavy atom. The summed E-state index contributed by atoms with van der Waals surface area (Å²) >= 11 is 0. The van der Waals surface area contributed by atoms with Gasteiger partial charge in [0.25, 0.3) is 0 Å². The van der Waals surface area contributed by atoms with Crippen molar-refractivity contribution in [1.29, 1.82) is 0 Å². The van der Waals surface area contributed by atoms with E-state index in [-0.39, 0.29) is 12.7 Å². The monoisotopic (exact) mass is 217 g/mol. The van der Waals surface area contributed by atoms with E-state index in [2.05, 4.69) is 13.8 Å². The summed E-state index contributed by atoms with van der Waals surface area (Å²) in [4.78, 5) is 11.2. The normalized spacial score (nSPS) is 15.1. The van der Waals surface area contributed by atoms with E-state index in [1.807, 2.05) is 6.92 Å². The van der Waals surface area contributed by atoms with Crippen LogP contribution in [-0.4, -0.2) is 31.3 Å². The molecular weight excluding hydrogens is 194 g/mol. The SMILES string of the molecule is CCOC(=O)C(N)COC(C)CC(C)C. The van der Waals surface area contributed by atoms with Crippen LogP contribution in [-0.2, 0) is 14.3 Å². The molecule has 0 rings (SSSR count). The Hall–Kier alpha value is -0.610. The van der Waals surface area contributed by atoms with Crippen LogP contribution in [0.25, 0.3) is 0 Å². The molecule has 0 aliphatic rings. The minimum atomic E-state index is -0.667. The van der Waals surface area contributed by atoms with Gasteiger partial charge >= 0.3 is 5.97 Å². The Bertz CT molecular complexity index is 183. The topological polar surface area (TPSA) is 61.5 Å². The third-order valence-electron chi connectivity index (χ3n) is 1.95. The van der Waals surface area contributed by atoms with Crippen LogP contribution < -0.4 is 5.73 Å². The first-order chi connectivity index (χ1) is 6.97. The highest BCUT2D eigenvalue weighted by Crippen LogP contribution is 2.07. The number of hydrogen-bond donors (Lipinski definition) is 1. The Labute approximate surface area is 92.1 Å². The van der Waals surface area contributed by atoms with Gasteiger partial charge in [0.05, 0.1) is 19.3 Å². The number of nitrogens with two attached hydrogens (primary N) is 1. The summed E-state index contributed by atoms with van der Waals surface area (Å²) in [5, 5.41) is 0. The zero-order chi connectivity index (χ0) is 11.8. The third kappa shape index (κ3) is 7.33. The summed E-state index contributed by atoms with van der Waals surface area (Å²) in [7, 11) is 0. The first-order valence-electron chi connectivity index (χ1n) is 5.51. The number of rotatable bonds is 7. The molecule has 0 saturated carbocycles. The van der Waals surface area contributed by atoms with Gasteiger partial charge in [-0.15, -0.1) is 0 Å². The van der Waals surface area contributed by atoms with Gasteiger partial charge in [-0.2, -0.15) is 0 Å². The van der Waals surface area contributed by atoms with Gasteiger partial charge in [0.15, 0.2) is 0 Å². The fraction of sp³-hybridized carbons (Fsp3) is 0.909. The lowest BCUT2D eigenvalue weighted by atomic mass is 10.1. The molecule has 2 unspecified atom stereocenters. The van der Waals surface area contributed by atoms with Crippen LogP contribution in [0.2, 0.25) is 0 Å². The fourth-order valence-electron chi connectivity index (χ4n) is 1.32. The van der Waals surface area contributed by atoms with Crippen molar-refractivity contribution in [1.82, 2.24) is 0 Å². The molecule has 2 N–H and O–H groups in total. The molecule has 0 radical (unpaired) electrons. The van der Waals surface area contributed by atoms with Gasteiger partial charge in [-0.25, -0.2) is 0 Å². The molecule has 2 atom stereocenters. The second kappa shape index (κ2) is 7.65. The van der Waals surface area contributed by atoms with Crippen molar-refractivity contribution in [2.75, 3.05) is 13.2 Å². The first-order valence-corrected chi connectivity index (χ1v) is 5.51. The van der Waals surface area contributed by atoms with Crippen LogP contribution in [0.1, 0.15) is 34.1 Å². The highest BCUT2D eigenvalue weighted by Gasteiger charge is 2.16. The van der Waals surface area contributed by atoms with Crippen LogP contribution in [0, 0.1) is 5.92 Å². The predicted molar refractivity (Wildman–Crippen MR) is 59.5 cm³/mol. The summed E-state index contributed by atoms with van der Waals surface area (Å²) in [5.74, 6) is 0.188. The smallest absolute Gasteiger partial charge is 0.325 e. The van der Waals surface area contributed by atoms with E-state index in [1.54, 1.807) is 6.92 Å². The lowest BCUT2D eigenvalue weighted by Gasteiger charge is -2.17. The molecule has 0 aromatic rings. The molecule has 0 fully saturated rings. The lowest BCUT2D eigenvalue weighted by molar-refractivity contribution is -0.146. The summed E-state index contributed by atoms with van der Waals surface area (Å²) < 4.78 is 10.2. The van der Waals surface area contributed by atoms with E-state index in [4.69, 9.17) is 15.2 Å². The van der Waals surface area contributed by atoms with Gasteiger partial charge in [0.1, 0.15) is 6.04 Å². The van der Waals surface area contributed by atoms with E-state index in [0.29, 0.717) is 12.5 Å². The Kier molecular flexibility index (Phi) is 7.34. The molecule has 0 spiro atoms. The maximum absolute atomic E-state index is 11.2. The van der Waals surface area contributed by atoms with Crippen molar-refractivity contribution in [3.05, 3.63) is 0 Å². The summed E-state index contributed by atoms with van der Waals surface area (Å²) in [6, 6.07) is -0.667. The Morgan fingerprint density at radius 3 is 2.40 bits per heavy atom. The zero-order valence-corrected chi connectivity index (χ0v) is 10.2. The van der Waals surface area contributed by atoms with Crippen LogP contribution in [0.15, 0.2) is 0 Å². The van der Waals surface area contributed by atoms with Gasteiger partial charge in [-0.1, -0.05) is 13.8 Å². The van der Waals surface area contributed by atoms with Crippen molar-refractivity contribution in [2.45, 2.75) is 46.3 Å². The number of carbonyl (C=O) groups is 1. The second-order valence-corrected chi connectivity index (χ2v) is 4.13. The highest BCUT2D eigenvalue weighted by atomic mass is 16.5. The lowest BCUT2D eigenvalue weighted by Crippen LogP contribution is -2.37. The van der Waals surface area contributed by atoms with Crippen LogP contribution in [0.3, 0.4) is 0 Å². The average molecular weight is 217 g/mol. The standard InChI is InChI=1S/C11H23NO3/c1-5-14-11(13)10(12)7-15-9(4)6-8(2)3/h8-10H,5-7,12H2,1-4H3. The summed E-state index contributed by atoms with van der Waals surface area (Å²) in [5.41, 5.74) is 5.58. The fourth-order valence-corrected chi connectivity index (χ4v) is 1.32. The molecule has 0 aliphatic heterocycles. The zero-order valence-electron chi connectivity index (χ0n) is 10.2. The number of hydrogen-bond acceptors (Lipinski definition) is 4. The summed E-state index contributed by atoms with van der Waals surface area (Å²) in [6.07, 6.45) is 1.10. The molecule has 0 bridgehead atoms. The van der Waals surface area contributed by atoms with Crippen molar-refractivity contribution >= 4 is 5.97 Å². The molecule has 4 heteroatoms. The molecular formula is C11H23NO3. The molecule has 0 saturated heterocycles.